The van der Waals surface area contributed by atoms with E-state index in [1.54, 1.807) is 7.11 Å². The van der Waals surface area contributed by atoms with Crippen molar-refractivity contribution in [1.82, 2.24) is 0 Å². The SMILES string of the molecule is CCCC/N=C/c1ccc(OC)cc1. The number of methoxy groups -OCH3 is 1. The molecule has 1 rings (SSSR count). The molecule has 0 spiro atoms. The van der Waals surface area contributed by atoms with Gasteiger partial charge < -0.3 is 4.74 Å². The van der Waals surface area contributed by atoms with Gasteiger partial charge in [-0.25, -0.2) is 0 Å². The van der Waals surface area contributed by atoms with Crippen LogP contribution in [0.2, 0.25) is 0 Å². The van der Waals surface area contributed by atoms with Gasteiger partial charge in [0.25, 0.3) is 0 Å². The minimum absolute atomic E-state index is 0.885. The average Bonchev–Trinajstić information content (AvgIpc) is 2.25. The van der Waals surface area contributed by atoms with E-state index in [0.29, 0.717) is 0 Å². The number of unbranched alkanes of at least 4 members (excludes halogenated alkanes) is 1. The molecule has 0 atom stereocenters. The van der Waals surface area contributed by atoms with Crippen LogP contribution in [0.25, 0.3) is 0 Å². The molecule has 0 aliphatic carbocycles. The maximum atomic E-state index is 5.07. The number of nitrogens with zero attached hydrogens (tertiary/aromatic N) is 1. The first kappa shape index (κ1) is 10.8. The third kappa shape index (κ3) is 3.60. The molecule has 14 heavy (non-hydrogen) atoms. The molecule has 1 aromatic rings. The van der Waals surface area contributed by atoms with Crippen LogP contribution < -0.4 is 4.74 Å². The molecule has 0 amide bonds. The minimum Gasteiger partial charge on any atom is -0.497 e. The Hall–Kier alpha value is -1.31. The summed E-state index contributed by atoms with van der Waals surface area (Å²) < 4.78 is 5.07. The van der Waals surface area contributed by atoms with Gasteiger partial charge in [0.1, 0.15) is 5.75 Å². The lowest BCUT2D eigenvalue weighted by Crippen LogP contribution is -1.86. The summed E-state index contributed by atoms with van der Waals surface area (Å²) in [5.41, 5.74) is 1.13. The van der Waals surface area contributed by atoms with E-state index >= 15 is 0 Å². The molecule has 0 aliphatic rings. The molecule has 0 unspecified atom stereocenters. The fourth-order valence-electron chi connectivity index (χ4n) is 1.11. The maximum absolute atomic E-state index is 5.07. The van der Waals surface area contributed by atoms with Crippen LogP contribution in [-0.2, 0) is 0 Å². The zero-order chi connectivity index (χ0) is 10.2. The molecule has 0 radical (unpaired) electrons. The van der Waals surface area contributed by atoms with Crippen LogP contribution in [0.15, 0.2) is 29.3 Å². The van der Waals surface area contributed by atoms with Crippen molar-refractivity contribution in [3.8, 4) is 5.75 Å². The summed E-state index contributed by atoms with van der Waals surface area (Å²) >= 11 is 0. The molecule has 1 aromatic carbocycles. The van der Waals surface area contributed by atoms with E-state index in [1.807, 2.05) is 30.5 Å². The molecule has 0 saturated carbocycles. The van der Waals surface area contributed by atoms with Gasteiger partial charge >= 0.3 is 0 Å². The van der Waals surface area contributed by atoms with Crippen molar-refractivity contribution in [2.45, 2.75) is 19.8 Å². The first-order chi connectivity index (χ1) is 6.86. The standard InChI is InChI=1S/C12H17NO/c1-3-4-9-13-10-11-5-7-12(14-2)8-6-11/h5-8,10H,3-4,9H2,1-2H3/b13-10+. The first-order valence-electron chi connectivity index (χ1n) is 5.00. The number of aliphatic imine (C=N–C) groups is 1. The van der Waals surface area contributed by atoms with Crippen molar-refractivity contribution in [2.75, 3.05) is 13.7 Å². The average molecular weight is 191 g/mol. The highest BCUT2D eigenvalue weighted by atomic mass is 16.5. The molecule has 0 saturated heterocycles. The largest absolute Gasteiger partial charge is 0.497 e. The smallest absolute Gasteiger partial charge is 0.118 e. The number of rotatable bonds is 5. The van der Waals surface area contributed by atoms with Gasteiger partial charge in [-0.3, -0.25) is 4.99 Å². The van der Waals surface area contributed by atoms with Crippen LogP contribution in [0.5, 0.6) is 5.75 Å². The Morgan fingerprint density at radius 2 is 2.00 bits per heavy atom. The number of benzene rings is 1. The van der Waals surface area contributed by atoms with E-state index in [2.05, 4.69) is 11.9 Å². The minimum atomic E-state index is 0.885. The monoisotopic (exact) mass is 191 g/mol. The Labute approximate surface area is 85.6 Å². The Balaban J connectivity index is 2.47. The maximum Gasteiger partial charge on any atom is 0.118 e. The molecular formula is C12H17NO. The summed E-state index contributed by atoms with van der Waals surface area (Å²) in [7, 11) is 1.67. The summed E-state index contributed by atoms with van der Waals surface area (Å²) in [6.45, 7) is 3.09. The van der Waals surface area contributed by atoms with E-state index in [-0.39, 0.29) is 0 Å². The normalized spacial score (nSPS) is 10.7. The summed E-state index contributed by atoms with van der Waals surface area (Å²) in [5.74, 6) is 0.885. The van der Waals surface area contributed by atoms with Gasteiger partial charge in [-0.05, 0) is 36.2 Å². The predicted octanol–water partition coefficient (Wildman–Crippen LogP) is 2.91. The van der Waals surface area contributed by atoms with Crippen LogP contribution >= 0.6 is 0 Å². The lowest BCUT2D eigenvalue weighted by atomic mass is 10.2. The molecule has 0 heterocycles. The van der Waals surface area contributed by atoms with Gasteiger partial charge in [-0.2, -0.15) is 0 Å². The third-order valence-electron chi connectivity index (χ3n) is 2.00. The second-order valence-electron chi connectivity index (χ2n) is 3.16. The van der Waals surface area contributed by atoms with Crippen LogP contribution in [-0.4, -0.2) is 19.9 Å². The Kier molecular flexibility index (Phi) is 4.76. The second kappa shape index (κ2) is 6.19. The molecule has 76 valence electrons. The van der Waals surface area contributed by atoms with Crippen molar-refractivity contribution in [1.29, 1.82) is 0 Å². The molecule has 0 aromatic heterocycles. The molecule has 0 aliphatic heterocycles. The van der Waals surface area contributed by atoms with Crippen LogP contribution in [0.1, 0.15) is 25.3 Å². The zero-order valence-electron chi connectivity index (χ0n) is 8.86. The van der Waals surface area contributed by atoms with Gasteiger partial charge in [0.15, 0.2) is 0 Å². The topological polar surface area (TPSA) is 21.6 Å². The summed E-state index contributed by atoms with van der Waals surface area (Å²) in [4.78, 5) is 4.32. The highest BCUT2D eigenvalue weighted by Crippen LogP contribution is 2.09. The lowest BCUT2D eigenvalue weighted by Gasteiger charge is -1.98. The van der Waals surface area contributed by atoms with E-state index in [9.17, 15) is 0 Å². The first-order valence-corrected chi connectivity index (χ1v) is 5.00. The van der Waals surface area contributed by atoms with E-state index in [4.69, 9.17) is 4.74 Å². The van der Waals surface area contributed by atoms with Crippen LogP contribution in [0.4, 0.5) is 0 Å². The molecule has 0 fully saturated rings. The van der Waals surface area contributed by atoms with Gasteiger partial charge in [0, 0.05) is 12.8 Å². The highest BCUT2D eigenvalue weighted by Gasteiger charge is 1.89. The van der Waals surface area contributed by atoms with Crippen LogP contribution in [0, 0.1) is 0 Å². The van der Waals surface area contributed by atoms with Crippen molar-refractivity contribution in [3.05, 3.63) is 29.8 Å². The summed E-state index contributed by atoms with van der Waals surface area (Å²) in [6, 6.07) is 7.91. The molecule has 2 nitrogen and oxygen atoms in total. The number of hydrogen-bond acceptors (Lipinski definition) is 2. The second-order valence-corrected chi connectivity index (χ2v) is 3.16. The van der Waals surface area contributed by atoms with Crippen molar-refractivity contribution in [2.24, 2.45) is 4.99 Å². The predicted molar refractivity (Wildman–Crippen MR) is 60.4 cm³/mol. The van der Waals surface area contributed by atoms with Crippen molar-refractivity contribution >= 4 is 6.21 Å². The summed E-state index contributed by atoms with van der Waals surface area (Å²) in [6.07, 6.45) is 4.27. The van der Waals surface area contributed by atoms with E-state index < -0.39 is 0 Å². The quantitative estimate of drug-likeness (QED) is 0.518. The van der Waals surface area contributed by atoms with Gasteiger partial charge in [0.05, 0.1) is 7.11 Å². The van der Waals surface area contributed by atoms with E-state index in [1.165, 1.54) is 6.42 Å². The zero-order valence-corrected chi connectivity index (χ0v) is 8.86. The van der Waals surface area contributed by atoms with Crippen molar-refractivity contribution in [3.63, 3.8) is 0 Å². The fourth-order valence-corrected chi connectivity index (χ4v) is 1.11. The Bertz CT molecular complexity index is 277. The molecule has 0 bridgehead atoms. The fraction of sp³-hybridized carbons (Fsp3) is 0.417. The third-order valence-corrected chi connectivity index (χ3v) is 2.00. The molecule has 0 N–H and O–H groups in total. The van der Waals surface area contributed by atoms with E-state index in [0.717, 1.165) is 24.3 Å². The van der Waals surface area contributed by atoms with Gasteiger partial charge in [-0.15, -0.1) is 0 Å². The van der Waals surface area contributed by atoms with Crippen molar-refractivity contribution < 1.29 is 4.74 Å². The summed E-state index contributed by atoms with van der Waals surface area (Å²) in [5, 5.41) is 0. The molecular weight excluding hydrogens is 174 g/mol. The Morgan fingerprint density at radius 1 is 1.29 bits per heavy atom. The highest BCUT2D eigenvalue weighted by molar-refractivity contribution is 5.79. The van der Waals surface area contributed by atoms with Gasteiger partial charge in [0.2, 0.25) is 0 Å². The molecule has 2 heteroatoms. The number of hydrogen-bond donors (Lipinski definition) is 0. The lowest BCUT2D eigenvalue weighted by molar-refractivity contribution is 0.415. The van der Waals surface area contributed by atoms with Gasteiger partial charge in [-0.1, -0.05) is 13.3 Å². The number of ether oxygens (including phenoxy) is 1. The Morgan fingerprint density at radius 3 is 2.57 bits per heavy atom. The van der Waals surface area contributed by atoms with Crippen LogP contribution in [0.3, 0.4) is 0 Å².